The second-order valence-electron chi connectivity index (χ2n) is 5.91. The van der Waals surface area contributed by atoms with Crippen LogP contribution >= 0.6 is 0 Å². The zero-order chi connectivity index (χ0) is 15.5. The molecule has 1 atom stereocenters. The van der Waals surface area contributed by atoms with Crippen LogP contribution in [0.15, 0.2) is 18.2 Å². The molecule has 5 heteroatoms. The first kappa shape index (κ1) is 16.3. The van der Waals surface area contributed by atoms with E-state index in [-0.39, 0.29) is 12.6 Å². The number of alkyl halides is 3. The Morgan fingerprint density at radius 1 is 1.14 bits per heavy atom. The van der Waals surface area contributed by atoms with E-state index in [9.17, 15) is 17.6 Å². The van der Waals surface area contributed by atoms with Crippen LogP contribution in [0.3, 0.4) is 0 Å². The van der Waals surface area contributed by atoms with Crippen LogP contribution in [-0.4, -0.2) is 6.04 Å². The molecule has 1 fully saturated rings. The average molecular weight is 303 g/mol. The summed E-state index contributed by atoms with van der Waals surface area (Å²) in [5.41, 5.74) is -0.588. The molecule has 1 saturated carbocycles. The van der Waals surface area contributed by atoms with Crippen LogP contribution in [0, 0.1) is 11.7 Å². The summed E-state index contributed by atoms with van der Waals surface area (Å²) in [4.78, 5) is 0. The van der Waals surface area contributed by atoms with Crippen molar-refractivity contribution in [3.63, 3.8) is 0 Å². The Labute approximate surface area is 122 Å². The molecule has 0 heterocycles. The highest BCUT2D eigenvalue weighted by Crippen LogP contribution is 2.31. The van der Waals surface area contributed by atoms with Crippen LogP contribution in [0.2, 0.25) is 0 Å². The first-order chi connectivity index (χ1) is 9.86. The van der Waals surface area contributed by atoms with Crippen molar-refractivity contribution in [2.45, 2.75) is 57.8 Å². The summed E-state index contributed by atoms with van der Waals surface area (Å²) in [6.07, 6.45) is 1.51. The summed E-state index contributed by atoms with van der Waals surface area (Å²) in [7, 11) is 0. The van der Waals surface area contributed by atoms with Gasteiger partial charge < -0.3 is 5.32 Å². The monoisotopic (exact) mass is 303 g/mol. The second kappa shape index (κ2) is 6.77. The lowest BCUT2D eigenvalue weighted by molar-refractivity contribution is -0.137. The van der Waals surface area contributed by atoms with E-state index >= 15 is 0 Å². The molecule has 1 nitrogen and oxygen atoms in total. The molecule has 1 unspecified atom stereocenters. The van der Waals surface area contributed by atoms with E-state index in [0.717, 1.165) is 25.0 Å². The molecule has 21 heavy (non-hydrogen) atoms. The Kier molecular flexibility index (Phi) is 5.25. The van der Waals surface area contributed by atoms with Crippen LogP contribution in [0.4, 0.5) is 17.6 Å². The molecule has 1 aliphatic carbocycles. The lowest BCUT2D eigenvalue weighted by atomic mass is 9.84. The fourth-order valence-corrected chi connectivity index (χ4v) is 3.00. The molecule has 1 N–H and O–H groups in total. The van der Waals surface area contributed by atoms with E-state index in [1.165, 1.54) is 19.3 Å². The molecule has 0 amide bonds. The Hall–Kier alpha value is -1.10. The Morgan fingerprint density at radius 3 is 2.43 bits per heavy atom. The van der Waals surface area contributed by atoms with Crippen LogP contribution in [-0.2, 0) is 12.7 Å². The molecule has 0 radical (unpaired) electrons. The van der Waals surface area contributed by atoms with Gasteiger partial charge in [0.15, 0.2) is 0 Å². The molecular formula is C16H21F4N. The fraction of sp³-hybridized carbons (Fsp3) is 0.625. The second-order valence-corrected chi connectivity index (χ2v) is 5.91. The van der Waals surface area contributed by atoms with Gasteiger partial charge in [-0.3, -0.25) is 0 Å². The van der Waals surface area contributed by atoms with E-state index in [1.807, 2.05) is 0 Å². The van der Waals surface area contributed by atoms with Crippen LogP contribution in [0.5, 0.6) is 0 Å². The zero-order valence-electron chi connectivity index (χ0n) is 12.1. The summed E-state index contributed by atoms with van der Waals surface area (Å²) in [6.45, 7) is 2.32. The molecule has 0 aromatic heterocycles. The van der Waals surface area contributed by atoms with Gasteiger partial charge in [0.2, 0.25) is 0 Å². The molecular weight excluding hydrogens is 282 g/mol. The van der Waals surface area contributed by atoms with Gasteiger partial charge in [-0.15, -0.1) is 0 Å². The smallest absolute Gasteiger partial charge is 0.310 e. The quantitative estimate of drug-likeness (QED) is 0.780. The fourth-order valence-electron chi connectivity index (χ4n) is 3.00. The molecule has 1 aromatic carbocycles. The topological polar surface area (TPSA) is 12.0 Å². The molecule has 0 bridgehead atoms. The van der Waals surface area contributed by atoms with Crippen molar-refractivity contribution < 1.29 is 17.6 Å². The van der Waals surface area contributed by atoms with E-state index in [0.29, 0.717) is 17.5 Å². The van der Waals surface area contributed by atoms with Gasteiger partial charge in [-0.05, 0) is 49.4 Å². The number of benzene rings is 1. The molecule has 0 saturated heterocycles. The Morgan fingerprint density at radius 2 is 1.81 bits per heavy atom. The largest absolute Gasteiger partial charge is 0.416 e. The Bertz CT molecular complexity index is 464. The molecule has 118 valence electrons. The lowest BCUT2D eigenvalue weighted by Crippen LogP contribution is -2.34. The summed E-state index contributed by atoms with van der Waals surface area (Å²) < 4.78 is 51.3. The van der Waals surface area contributed by atoms with E-state index < -0.39 is 17.6 Å². The highest BCUT2D eigenvalue weighted by atomic mass is 19.4. The van der Waals surface area contributed by atoms with Crippen LogP contribution in [0.25, 0.3) is 0 Å². The van der Waals surface area contributed by atoms with Crippen molar-refractivity contribution in [2.75, 3.05) is 0 Å². The predicted molar refractivity (Wildman–Crippen MR) is 74.3 cm³/mol. The van der Waals surface area contributed by atoms with Crippen molar-refractivity contribution in [1.29, 1.82) is 0 Å². The predicted octanol–water partition coefficient (Wildman–Crippen LogP) is 4.90. The third-order valence-corrected chi connectivity index (χ3v) is 4.27. The van der Waals surface area contributed by atoms with Crippen molar-refractivity contribution in [1.82, 2.24) is 5.32 Å². The van der Waals surface area contributed by atoms with Gasteiger partial charge in [-0.2, -0.15) is 13.2 Å². The number of rotatable bonds is 4. The third-order valence-electron chi connectivity index (χ3n) is 4.27. The van der Waals surface area contributed by atoms with Crippen LogP contribution < -0.4 is 5.32 Å². The van der Waals surface area contributed by atoms with Gasteiger partial charge in [0.25, 0.3) is 0 Å². The Balaban J connectivity index is 1.97. The van der Waals surface area contributed by atoms with Crippen molar-refractivity contribution in [3.8, 4) is 0 Å². The minimum atomic E-state index is -4.51. The van der Waals surface area contributed by atoms with Crippen molar-refractivity contribution >= 4 is 0 Å². The SMILES string of the molecule is CC(NCc1cc(F)cc(C(F)(F)F)c1)C1CCCCC1. The van der Waals surface area contributed by atoms with Gasteiger partial charge in [0.1, 0.15) is 5.82 Å². The average Bonchev–Trinajstić information content (AvgIpc) is 2.44. The van der Waals surface area contributed by atoms with Crippen molar-refractivity contribution in [2.24, 2.45) is 5.92 Å². The molecule has 1 aliphatic rings. The highest BCUT2D eigenvalue weighted by Gasteiger charge is 2.31. The van der Waals surface area contributed by atoms with Gasteiger partial charge in [0.05, 0.1) is 5.56 Å². The van der Waals surface area contributed by atoms with E-state index in [4.69, 9.17) is 0 Å². The van der Waals surface area contributed by atoms with E-state index in [2.05, 4.69) is 12.2 Å². The molecule has 1 aromatic rings. The van der Waals surface area contributed by atoms with Gasteiger partial charge >= 0.3 is 6.18 Å². The van der Waals surface area contributed by atoms with Crippen LogP contribution in [0.1, 0.15) is 50.2 Å². The number of halogens is 4. The lowest BCUT2D eigenvalue weighted by Gasteiger charge is -2.28. The maximum Gasteiger partial charge on any atom is 0.416 e. The van der Waals surface area contributed by atoms with E-state index in [1.54, 1.807) is 0 Å². The zero-order valence-corrected chi connectivity index (χ0v) is 12.1. The standard InChI is InChI=1S/C16H21F4N/c1-11(13-5-3-2-4-6-13)21-10-12-7-14(16(18,19)20)9-15(17)8-12/h7-9,11,13,21H,2-6,10H2,1H3. The first-order valence-electron chi connectivity index (χ1n) is 7.46. The minimum Gasteiger partial charge on any atom is -0.310 e. The summed E-state index contributed by atoms with van der Waals surface area (Å²) in [5, 5.41) is 3.24. The summed E-state index contributed by atoms with van der Waals surface area (Å²) in [5.74, 6) is -0.277. The summed E-state index contributed by atoms with van der Waals surface area (Å²) >= 11 is 0. The first-order valence-corrected chi connectivity index (χ1v) is 7.46. The maximum absolute atomic E-state index is 13.3. The normalized spacial score (nSPS) is 18.7. The van der Waals surface area contributed by atoms with Crippen molar-refractivity contribution in [3.05, 3.63) is 35.1 Å². The highest BCUT2D eigenvalue weighted by molar-refractivity contribution is 5.26. The minimum absolute atomic E-state index is 0.239. The van der Waals surface area contributed by atoms with Gasteiger partial charge in [-0.25, -0.2) is 4.39 Å². The molecule has 0 spiro atoms. The number of hydrogen-bond acceptors (Lipinski definition) is 1. The third kappa shape index (κ3) is 4.70. The molecule has 0 aliphatic heterocycles. The summed E-state index contributed by atoms with van der Waals surface area (Å²) in [6, 6.07) is 2.95. The number of hydrogen-bond donors (Lipinski definition) is 1. The van der Waals surface area contributed by atoms with Gasteiger partial charge in [-0.1, -0.05) is 19.3 Å². The maximum atomic E-state index is 13.3. The molecule has 2 rings (SSSR count). The van der Waals surface area contributed by atoms with Gasteiger partial charge in [0, 0.05) is 12.6 Å². The number of nitrogens with one attached hydrogen (secondary N) is 1.